The van der Waals surface area contributed by atoms with E-state index in [0.29, 0.717) is 0 Å². The third kappa shape index (κ3) is 5.68. The van der Waals surface area contributed by atoms with E-state index in [1.165, 1.54) is 88.7 Å². The minimum absolute atomic E-state index is 0.0611. The maximum Gasteiger partial charge on any atom is 0.0467 e. The summed E-state index contributed by atoms with van der Waals surface area (Å²) in [6, 6.07) is 74.4. The fourth-order valence-electron chi connectivity index (χ4n) is 10.0. The Morgan fingerprint density at radius 3 is 1.25 bits per heavy atom. The molecule has 0 aromatic heterocycles. The van der Waals surface area contributed by atoms with Gasteiger partial charge in [-0.3, -0.25) is 0 Å². The largest absolute Gasteiger partial charge is 0.310 e. The molecule has 0 bridgehead atoms. The highest BCUT2D eigenvalue weighted by molar-refractivity contribution is 5.90. The molecule has 9 aromatic rings. The average Bonchev–Trinajstić information content (AvgIpc) is 3.65. The van der Waals surface area contributed by atoms with Crippen molar-refractivity contribution in [3.63, 3.8) is 0 Å². The Labute approximate surface area is 347 Å². The van der Waals surface area contributed by atoms with Gasteiger partial charge in [-0.1, -0.05) is 173 Å². The molecule has 2 aliphatic carbocycles. The normalized spacial score (nSPS) is 14.0. The van der Waals surface area contributed by atoms with E-state index in [-0.39, 0.29) is 10.8 Å². The molecule has 0 saturated heterocycles. The first kappa shape index (κ1) is 35.2. The zero-order valence-electron chi connectivity index (χ0n) is 34.0. The van der Waals surface area contributed by atoms with E-state index >= 15 is 0 Å². The predicted octanol–water partition coefficient (Wildman–Crippen LogP) is 15.9. The Morgan fingerprint density at radius 1 is 0.271 bits per heavy atom. The van der Waals surface area contributed by atoms with Crippen molar-refractivity contribution in [3.05, 3.63) is 222 Å². The van der Waals surface area contributed by atoms with Crippen LogP contribution in [0.1, 0.15) is 49.9 Å². The molecular weight excluding hydrogens is 711 g/mol. The van der Waals surface area contributed by atoms with Crippen molar-refractivity contribution in [1.29, 1.82) is 0 Å². The second-order valence-electron chi connectivity index (χ2n) is 17.4. The van der Waals surface area contributed by atoms with Gasteiger partial charge in [0.25, 0.3) is 0 Å². The molecule has 2 aliphatic rings. The molecule has 0 amide bonds. The summed E-state index contributed by atoms with van der Waals surface area (Å²) in [5.74, 6) is 0. The van der Waals surface area contributed by atoms with Crippen LogP contribution in [0.25, 0.3) is 66.4 Å². The molecule has 0 unspecified atom stereocenters. The molecule has 0 fully saturated rings. The number of hydrogen-bond donors (Lipinski definition) is 0. The van der Waals surface area contributed by atoms with Gasteiger partial charge in [-0.05, 0) is 143 Å². The van der Waals surface area contributed by atoms with E-state index < -0.39 is 0 Å². The van der Waals surface area contributed by atoms with Crippen LogP contribution in [0.15, 0.2) is 200 Å². The summed E-state index contributed by atoms with van der Waals surface area (Å²) in [6.45, 7) is 9.42. The van der Waals surface area contributed by atoms with Gasteiger partial charge in [-0.2, -0.15) is 0 Å². The second-order valence-corrected chi connectivity index (χ2v) is 17.4. The van der Waals surface area contributed by atoms with Gasteiger partial charge in [-0.15, -0.1) is 0 Å². The standard InChI is InChI=1S/C58H45N/c1-57(2)53-21-9-7-19-49(53)51-31-27-44(36-55(51)57)41-15-11-17-47(34-41)59(46-29-25-39(26-30-46)43-24-23-38-13-5-6-14-40(38)33-43)48-18-12-16-42(35-48)45-28-32-52-50-20-8-10-22-54(50)58(3,4)56(52)37-45/h5-37H,1-4H3. The SMILES string of the molecule is CC1(C)c2ccccc2-c2ccc(-c3cccc(N(c4ccc(-c5ccc6ccccc6c5)cc4)c4cccc(-c5ccc6c(c5)C(C)(C)c5ccccc5-6)c4)c3)cc21. The predicted molar refractivity (Wildman–Crippen MR) is 250 cm³/mol. The van der Waals surface area contributed by atoms with Crippen molar-refractivity contribution in [1.82, 2.24) is 0 Å². The van der Waals surface area contributed by atoms with Crippen molar-refractivity contribution < 1.29 is 0 Å². The van der Waals surface area contributed by atoms with Gasteiger partial charge >= 0.3 is 0 Å². The summed E-state index contributed by atoms with van der Waals surface area (Å²) in [4.78, 5) is 2.41. The monoisotopic (exact) mass is 755 g/mol. The van der Waals surface area contributed by atoms with E-state index in [1.807, 2.05) is 0 Å². The molecule has 0 spiro atoms. The van der Waals surface area contributed by atoms with E-state index in [9.17, 15) is 0 Å². The van der Waals surface area contributed by atoms with Crippen molar-refractivity contribution in [2.75, 3.05) is 4.90 Å². The first-order chi connectivity index (χ1) is 28.7. The van der Waals surface area contributed by atoms with E-state index in [0.717, 1.165) is 17.1 Å². The average molecular weight is 756 g/mol. The summed E-state index contributed by atoms with van der Waals surface area (Å²) in [7, 11) is 0. The van der Waals surface area contributed by atoms with Crippen LogP contribution in [0.5, 0.6) is 0 Å². The van der Waals surface area contributed by atoms with Crippen molar-refractivity contribution in [2.45, 2.75) is 38.5 Å². The molecule has 0 aliphatic heterocycles. The number of anilines is 3. The minimum atomic E-state index is -0.0611. The van der Waals surface area contributed by atoms with Crippen LogP contribution in [-0.4, -0.2) is 0 Å². The molecule has 9 aromatic carbocycles. The summed E-state index contributed by atoms with van der Waals surface area (Å²) in [5, 5.41) is 2.51. The molecular formula is C58H45N. The molecule has 0 heterocycles. The highest BCUT2D eigenvalue weighted by Gasteiger charge is 2.36. The van der Waals surface area contributed by atoms with Crippen LogP contribution in [-0.2, 0) is 10.8 Å². The zero-order chi connectivity index (χ0) is 39.9. The van der Waals surface area contributed by atoms with Gasteiger partial charge in [0.05, 0.1) is 0 Å². The Balaban J connectivity index is 1.01. The zero-order valence-corrected chi connectivity index (χ0v) is 34.0. The van der Waals surface area contributed by atoms with Crippen LogP contribution >= 0.6 is 0 Å². The number of nitrogens with zero attached hydrogens (tertiary/aromatic N) is 1. The summed E-state index contributed by atoms with van der Waals surface area (Å²) in [6.07, 6.45) is 0. The van der Waals surface area contributed by atoms with Crippen molar-refractivity contribution in [2.24, 2.45) is 0 Å². The van der Waals surface area contributed by atoms with Gasteiger partial charge in [0.15, 0.2) is 0 Å². The lowest BCUT2D eigenvalue weighted by Gasteiger charge is -2.27. The lowest BCUT2D eigenvalue weighted by atomic mass is 9.81. The lowest BCUT2D eigenvalue weighted by molar-refractivity contribution is 0.660. The number of benzene rings is 9. The molecule has 11 rings (SSSR count). The van der Waals surface area contributed by atoms with Crippen LogP contribution in [0.4, 0.5) is 17.1 Å². The molecule has 282 valence electrons. The Kier molecular flexibility index (Phi) is 7.94. The third-order valence-corrected chi connectivity index (χ3v) is 13.3. The van der Waals surface area contributed by atoms with Gasteiger partial charge in [0.1, 0.15) is 0 Å². The van der Waals surface area contributed by atoms with Gasteiger partial charge in [-0.25, -0.2) is 0 Å². The van der Waals surface area contributed by atoms with Gasteiger partial charge in [0, 0.05) is 27.9 Å². The lowest BCUT2D eigenvalue weighted by Crippen LogP contribution is -2.15. The fourth-order valence-corrected chi connectivity index (χ4v) is 10.0. The molecule has 1 heteroatoms. The molecule has 59 heavy (non-hydrogen) atoms. The van der Waals surface area contributed by atoms with Crippen LogP contribution < -0.4 is 4.90 Å². The number of fused-ring (bicyclic) bond motifs is 7. The van der Waals surface area contributed by atoms with E-state index in [1.54, 1.807) is 0 Å². The summed E-state index contributed by atoms with van der Waals surface area (Å²) in [5.41, 5.74) is 21.5. The topological polar surface area (TPSA) is 3.24 Å². The van der Waals surface area contributed by atoms with Crippen LogP contribution in [0, 0.1) is 0 Å². The molecule has 0 saturated carbocycles. The Bertz CT molecular complexity index is 2960. The molecule has 0 radical (unpaired) electrons. The van der Waals surface area contributed by atoms with E-state index in [2.05, 4.69) is 233 Å². The fraction of sp³-hybridized carbons (Fsp3) is 0.103. The number of hydrogen-bond acceptors (Lipinski definition) is 1. The Morgan fingerprint density at radius 2 is 0.695 bits per heavy atom. The summed E-state index contributed by atoms with van der Waals surface area (Å²) >= 11 is 0. The first-order valence-corrected chi connectivity index (χ1v) is 20.8. The van der Waals surface area contributed by atoms with Crippen molar-refractivity contribution in [3.8, 4) is 55.6 Å². The molecule has 0 atom stereocenters. The van der Waals surface area contributed by atoms with Crippen LogP contribution in [0.2, 0.25) is 0 Å². The number of rotatable bonds is 6. The van der Waals surface area contributed by atoms with E-state index in [4.69, 9.17) is 0 Å². The summed E-state index contributed by atoms with van der Waals surface area (Å²) < 4.78 is 0. The maximum absolute atomic E-state index is 2.42. The third-order valence-electron chi connectivity index (χ3n) is 13.3. The molecule has 1 nitrogen and oxygen atoms in total. The first-order valence-electron chi connectivity index (χ1n) is 20.8. The smallest absolute Gasteiger partial charge is 0.0467 e. The van der Waals surface area contributed by atoms with Crippen LogP contribution in [0.3, 0.4) is 0 Å². The van der Waals surface area contributed by atoms with Gasteiger partial charge in [0.2, 0.25) is 0 Å². The highest BCUT2D eigenvalue weighted by Crippen LogP contribution is 2.51. The quantitative estimate of drug-likeness (QED) is 0.163. The molecule has 0 N–H and O–H groups in total. The maximum atomic E-state index is 2.42. The highest BCUT2D eigenvalue weighted by atomic mass is 15.1. The van der Waals surface area contributed by atoms with Crippen molar-refractivity contribution >= 4 is 27.8 Å². The Hall–Kier alpha value is -6.96. The van der Waals surface area contributed by atoms with Gasteiger partial charge < -0.3 is 4.90 Å². The second kappa shape index (κ2) is 13.3. The minimum Gasteiger partial charge on any atom is -0.310 e.